The van der Waals surface area contributed by atoms with Gasteiger partial charge in [-0.25, -0.2) is 0 Å². The largest absolute Gasteiger partial charge is 0.496 e. The topological polar surface area (TPSA) is 51.5 Å². The van der Waals surface area contributed by atoms with E-state index in [0.717, 1.165) is 11.3 Å². The zero-order valence-electron chi connectivity index (χ0n) is 12.1. The zero-order chi connectivity index (χ0) is 15.1. The number of hydrogen-bond donors (Lipinski definition) is 0. The summed E-state index contributed by atoms with van der Waals surface area (Å²) in [4.78, 5) is 0. The molecule has 0 aliphatic carbocycles. The molecule has 0 spiro atoms. The first-order chi connectivity index (χ1) is 10.3. The second-order valence-electron chi connectivity index (χ2n) is 4.33. The fourth-order valence-corrected chi connectivity index (χ4v) is 1.94. The monoisotopic (exact) mass is 283 g/mol. The molecular formula is C17H17NO3. The number of hydrogen-bond acceptors (Lipinski definition) is 4. The third-order valence-electron chi connectivity index (χ3n) is 2.92. The maximum atomic E-state index is 8.96. The average Bonchev–Trinajstić information content (AvgIpc) is 2.53. The smallest absolute Gasteiger partial charge is 0.125 e. The summed E-state index contributed by atoms with van der Waals surface area (Å²) in [6.07, 6.45) is 0. The summed E-state index contributed by atoms with van der Waals surface area (Å²) in [6.45, 7) is 2.88. The molecule has 0 fully saturated rings. The molecule has 0 N–H and O–H groups in total. The van der Waals surface area contributed by atoms with E-state index in [4.69, 9.17) is 19.5 Å². The molecule has 0 saturated heterocycles. The molecule has 0 aliphatic rings. The molecule has 0 amide bonds. The van der Waals surface area contributed by atoms with Gasteiger partial charge in [-0.3, -0.25) is 0 Å². The first-order valence-corrected chi connectivity index (χ1v) is 6.69. The highest BCUT2D eigenvalue weighted by molar-refractivity contribution is 5.42. The molecule has 108 valence electrons. The Hall–Kier alpha value is -2.67. The lowest BCUT2D eigenvalue weighted by atomic mass is 10.1. The number of nitriles is 1. The number of methoxy groups -OCH3 is 1. The Labute approximate surface area is 124 Å². The van der Waals surface area contributed by atoms with Gasteiger partial charge < -0.3 is 14.2 Å². The van der Waals surface area contributed by atoms with Crippen LogP contribution in [0, 0.1) is 11.3 Å². The van der Waals surface area contributed by atoms with Crippen LogP contribution < -0.4 is 14.2 Å². The van der Waals surface area contributed by atoms with E-state index >= 15 is 0 Å². The second-order valence-corrected chi connectivity index (χ2v) is 4.33. The van der Waals surface area contributed by atoms with Crippen LogP contribution in [0.1, 0.15) is 18.1 Å². The molecule has 4 heteroatoms. The summed E-state index contributed by atoms with van der Waals surface area (Å²) >= 11 is 0. The molecule has 4 nitrogen and oxygen atoms in total. The van der Waals surface area contributed by atoms with Gasteiger partial charge >= 0.3 is 0 Å². The Kier molecular flexibility index (Phi) is 5.05. The third-order valence-corrected chi connectivity index (χ3v) is 2.92. The van der Waals surface area contributed by atoms with Crippen LogP contribution >= 0.6 is 0 Å². The minimum Gasteiger partial charge on any atom is -0.496 e. The Morgan fingerprint density at radius 3 is 2.48 bits per heavy atom. The Balaban J connectivity index is 2.12. The van der Waals surface area contributed by atoms with Crippen LogP contribution in [0.15, 0.2) is 42.5 Å². The SMILES string of the molecule is CCOc1cccc(OCc2cc(C#N)ccc2OC)c1. The molecule has 2 aromatic rings. The van der Waals surface area contributed by atoms with Crippen molar-refractivity contribution in [2.45, 2.75) is 13.5 Å². The van der Waals surface area contributed by atoms with Crippen LogP contribution in [0.5, 0.6) is 17.2 Å². The number of rotatable bonds is 6. The minimum absolute atomic E-state index is 0.328. The predicted octanol–water partition coefficient (Wildman–Crippen LogP) is 3.54. The molecule has 0 saturated carbocycles. The average molecular weight is 283 g/mol. The van der Waals surface area contributed by atoms with E-state index in [9.17, 15) is 0 Å². The fraction of sp³-hybridized carbons (Fsp3) is 0.235. The fourth-order valence-electron chi connectivity index (χ4n) is 1.94. The van der Waals surface area contributed by atoms with Crippen molar-refractivity contribution < 1.29 is 14.2 Å². The lowest BCUT2D eigenvalue weighted by molar-refractivity contribution is 0.292. The zero-order valence-corrected chi connectivity index (χ0v) is 12.1. The first kappa shape index (κ1) is 14.7. The maximum absolute atomic E-state index is 8.96. The van der Waals surface area contributed by atoms with Gasteiger partial charge in [0.2, 0.25) is 0 Å². The quantitative estimate of drug-likeness (QED) is 0.813. The molecule has 0 bridgehead atoms. The van der Waals surface area contributed by atoms with Crippen molar-refractivity contribution in [1.29, 1.82) is 5.26 Å². The van der Waals surface area contributed by atoms with E-state index in [2.05, 4.69) is 6.07 Å². The van der Waals surface area contributed by atoms with Gasteiger partial charge in [-0.15, -0.1) is 0 Å². The second kappa shape index (κ2) is 7.20. The molecule has 0 radical (unpaired) electrons. The third kappa shape index (κ3) is 3.90. The summed E-state index contributed by atoms with van der Waals surface area (Å²) in [5, 5.41) is 8.96. The van der Waals surface area contributed by atoms with Crippen LogP contribution in [-0.4, -0.2) is 13.7 Å². The van der Waals surface area contributed by atoms with Crippen LogP contribution in [0.2, 0.25) is 0 Å². The molecular weight excluding hydrogens is 266 g/mol. The van der Waals surface area contributed by atoms with E-state index in [1.165, 1.54) is 0 Å². The van der Waals surface area contributed by atoms with Crippen molar-refractivity contribution >= 4 is 0 Å². The van der Waals surface area contributed by atoms with Gasteiger partial charge in [0.25, 0.3) is 0 Å². The van der Waals surface area contributed by atoms with Crippen molar-refractivity contribution in [2.75, 3.05) is 13.7 Å². The molecule has 2 rings (SSSR count). The van der Waals surface area contributed by atoms with Crippen molar-refractivity contribution in [1.82, 2.24) is 0 Å². The molecule has 0 unspecified atom stereocenters. The Morgan fingerprint density at radius 2 is 1.81 bits per heavy atom. The highest BCUT2D eigenvalue weighted by atomic mass is 16.5. The Bertz CT molecular complexity index is 647. The van der Waals surface area contributed by atoms with E-state index in [-0.39, 0.29) is 0 Å². The number of benzene rings is 2. The van der Waals surface area contributed by atoms with E-state index in [1.54, 1.807) is 25.3 Å². The lowest BCUT2D eigenvalue weighted by Gasteiger charge is -2.11. The van der Waals surface area contributed by atoms with Crippen LogP contribution in [0.25, 0.3) is 0 Å². The lowest BCUT2D eigenvalue weighted by Crippen LogP contribution is -2.00. The van der Waals surface area contributed by atoms with Gasteiger partial charge in [0, 0.05) is 11.6 Å². The maximum Gasteiger partial charge on any atom is 0.125 e. The van der Waals surface area contributed by atoms with Gasteiger partial charge in [-0.2, -0.15) is 5.26 Å². The molecule has 21 heavy (non-hydrogen) atoms. The predicted molar refractivity (Wildman–Crippen MR) is 79.7 cm³/mol. The Morgan fingerprint density at radius 1 is 1.05 bits per heavy atom. The standard InChI is InChI=1S/C17H17NO3/c1-3-20-15-5-4-6-16(10-15)21-12-14-9-13(11-18)7-8-17(14)19-2/h4-10H,3,12H2,1-2H3. The van der Waals surface area contributed by atoms with Gasteiger partial charge in [0.1, 0.15) is 23.9 Å². The minimum atomic E-state index is 0.328. The van der Waals surface area contributed by atoms with Crippen LogP contribution in [0.3, 0.4) is 0 Å². The first-order valence-electron chi connectivity index (χ1n) is 6.69. The molecule has 0 aliphatic heterocycles. The summed E-state index contributed by atoms with van der Waals surface area (Å²) in [6, 6.07) is 14.8. The molecule has 2 aromatic carbocycles. The summed E-state index contributed by atoms with van der Waals surface area (Å²) < 4.78 is 16.5. The van der Waals surface area contributed by atoms with E-state index < -0.39 is 0 Å². The van der Waals surface area contributed by atoms with E-state index in [1.807, 2.05) is 31.2 Å². The van der Waals surface area contributed by atoms with Gasteiger partial charge in [-0.05, 0) is 37.3 Å². The molecule has 0 heterocycles. The van der Waals surface area contributed by atoms with Crippen LogP contribution in [-0.2, 0) is 6.61 Å². The molecule has 0 aromatic heterocycles. The van der Waals surface area contributed by atoms with Gasteiger partial charge in [0.05, 0.1) is 25.3 Å². The summed E-state index contributed by atoms with van der Waals surface area (Å²) in [5.41, 5.74) is 1.41. The molecule has 0 atom stereocenters. The van der Waals surface area contributed by atoms with Crippen molar-refractivity contribution in [3.63, 3.8) is 0 Å². The summed E-state index contributed by atoms with van der Waals surface area (Å²) in [5.74, 6) is 2.19. The van der Waals surface area contributed by atoms with Gasteiger partial charge in [-0.1, -0.05) is 6.07 Å². The highest BCUT2D eigenvalue weighted by Crippen LogP contribution is 2.24. The highest BCUT2D eigenvalue weighted by Gasteiger charge is 2.06. The van der Waals surface area contributed by atoms with E-state index in [0.29, 0.717) is 30.3 Å². The van der Waals surface area contributed by atoms with Crippen molar-refractivity contribution in [2.24, 2.45) is 0 Å². The van der Waals surface area contributed by atoms with Crippen LogP contribution in [0.4, 0.5) is 0 Å². The van der Waals surface area contributed by atoms with Crippen molar-refractivity contribution in [3.05, 3.63) is 53.6 Å². The summed E-state index contributed by atoms with van der Waals surface area (Å²) in [7, 11) is 1.60. The normalized spacial score (nSPS) is 9.76. The number of ether oxygens (including phenoxy) is 3. The van der Waals surface area contributed by atoms with Crippen molar-refractivity contribution in [3.8, 4) is 23.3 Å². The van der Waals surface area contributed by atoms with Gasteiger partial charge in [0.15, 0.2) is 0 Å². The number of nitrogens with zero attached hydrogens (tertiary/aromatic N) is 1.